The lowest BCUT2D eigenvalue weighted by Gasteiger charge is -2.17. The predicted octanol–water partition coefficient (Wildman–Crippen LogP) is 2.96. The van der Waals surface area contributed by atoms with Crippen LogP contribution in [-0.2, 0) is 0 Å². The molecule has 1 amide bonds. The maximum Gasteiger partial charge on any atom is 0.272 e. The van der Waals surface area contributed by atoms with Crippen molar-refractivity contribution in [2.75, 3.05) is 18.6 Å². The quantitative estimate of drug-likeness (QED) is 0.714. The van der Waals surface area contributed by atoms with Crippen LogP contribution < -0.4 is 20.3 Å². The van der Waals surface area contributed by atoms with Gasteiger partial charge in [-0.05, 0) is 12.1 Å². The number of halogens is 1. The van der Waals surface area contributed by atoms with E-state index in [4.69, 9.17) is 9.47 Å². The Bertz CT molecular complexity index is 885. The number of benzene rings is 2. The number of fused-ring (bicyclic) bond motifs is 2. The van der Waals surface area contributed by atoms with Crippen molar-refractivity contribution in [1.82, 2.24) is 10.4 Å². The topological polar surface area (TPSA) is 72.5 Å². The summed E-state index contributed by atoms with van der Waals surface area (Å²) >= 11 is 1.35. The van der Waals surface area contributed by atoms with Crippen LogP contribution in [0.15, 0.2) is 36.4 Å². The standard InChI is InChI=1S/C16H12FN3O3S/c17-10-4-2-1-3-9(10)15(21)19-20-16-18-11-7-12-13(8-14(11)24-16)23-6-5-22-12/h1-4,7-8H,5-6H2,(H,18,20)(H,19,21). The highest BCUT2D eigenvalue weighted by Gasteiger charge is 2.16. The molecule has 0 aliphatic carbocycles. The fourth-order valence-corrected chi connectivity index (χ4v) is 3.17. The van der Waals surface area contributed by atoms with Crippen LogP contribution in [0.5, 0.6) is 11.5 Å². The Morgan fingerprint density at radius 3 is 2.71 bits per heavy atom. The zero-order chi connectivity index (χ0) is 16.5. The summed E-state index contributed by atoms with van der Waals surface area (Å²) in [4.78, 5) is 16.4. The first kappa shape index (κ1) is 14.7. The van der Waals surface area contributed by atoms with Gasteiger partial charge in [0.05, 0.1) is 15.8 Å². The lowest BCUT2D eigenvalue weighted by atomic mass is 10.2. The van der Waals surface area contributed by atoms with Gasteiger partial charge in [-0.3, -0.25) is 15.6 Å². The van der Waals surface area contributed by atoms with Crippen LogP contribution in [0.25, 0.3) is 10.2 Å². The zero-order valence-corrected chi connectivity index (χ0v) is 13.2. The number of hydrogen-bond acceptors (Lipinski definition) is 6. The molecule has 24 heavy (non-hydrogen) atoms. The highest BCUT2D eigenvalue weighted by molar-refractivity contribution is 7.22. The first-order valence-corrected chi connectivity index (χ1v) is 8.03. The molecule has 8 heteroatoms. The number of ether oxygens (including phenoxy) is 2. The van der Waals surface area contributed by atoms with Gasteiger partial charge in [0, 0.05) is 12.1 Å². The average molecular weight is 345 g/mol. The molecular weight excluding hydrogens is 333 g/mol. The number of aromatic nitrogens is 1. The summed E-state index contributed by atoms with van der Waals surface area (Å²) < 4.78 is 25.5. The maximum absolute atomic E-state index is 13.6. The van der Waals surface area contributed by atoms with Crippen molar-refractivity contribution in [3.8, 4) is 11.5 Å². The van der Waals surface area contributed by atoms with Crippen molar-refractivity contribution in [1.29, 1.82) is 0 Å². The largest absolute Gasteiger partial charge is 0.486 e. The van der Waals surface area contributed by atoms with E-state index in [1.165, 1.54) is 29.5 Å². The smallest absolute Gasteiger partial charge is 0.272 e. The van der Waals surface area contributed by atoms with E-state index >= 15 is 0 Å². The van der Waals surface area contributed by atoms with Crippen molar-refractivity contribution in [2.24, 2.45) is 0 Å². The lowest BCUT2D eigenvalue weighted by molar-refractivity contribution is 0.0958. The van der Waals surface area contributed by atoms with E-state index < -0.39 is 11.7 Å². The first-order valence-electron chi connectivity index (χ1n) is 7.22. The van der Waals surface area contributed by atoms with Crippen LogP contribution in [-0.4, -0.2) is 24.1 Å². The highest BCUT2D eigenvalue weighted by Crippen LogP contribution is 2.37. The molecule has 2 heterocycles. The van der Waals surface area contributed by atoms with E-state index in [0.717, 1.165) is 10.2 Å². The van der Waals surface area contributed by atoms with Gasteiger partial charge in [0.1, 0.15) is 19.0 Å². The van der Waals surface area contributed by atoms with Gasteiger partial charge in [-0.15, -0.1) is 0 Å². The molecule has 3 aromatic rings. The molecule has 0 atom stereocenters. The van der Waals surface area contributed by atoms with Gasteiger partial charge in [-0.25, -0.2) is 9.37 Å². The number of nitrogens with zero attached hydrogens (tertiary/aromatic N) is 1. The summed E-state index contributed by atoms with van der Waals surface area (Å²) in [5.74, 6) is 0.182. The third-order valence-electron chi connectivity index (χ3n) is 3.45. The summed E-state index contributed by atoms with van der Waals surface area (Å²) in [6.45, 7) is 1.02. The monoisotopic (exact) mass is 345 g/mol. The lowest BCUT2D eigenvalue weighted by Crippen LogP contribution is -2.29. The molecular formula is C16H12FN3O3S. The summed E-state index contributed by atoms with van der Waals surface area (Å²) in [6.07, 6.45) is 0. The Morgan fingerprint density at radius 2 is 1.92 bits per heavy atom. The van der Waals surface area contributed by atoms with Crippen LogP contribution in [0.1, 0.15) is 10.4 Å². The number of hydrogen-bond donors (Lipinski definition) is 2. The number of hydrazine groups is 1. The van der Waals surface area contributed by atoms with E-state index in [2.05, 4.69) is 15.8 Å². The summed E-state index contributed by atoms with van der Waals surface area (Å²) in [6, 6.07) is 9.42. The SMILES string of the molecule is O=C(NNc1nc2cc3c(cc2s1)OCCO3)c1ccccc1F. The van der Waals surface area contributed by atoms with E-state index in [1.807, 2.05) is 6.07 Å². The number of rotatable bonds is 3. The molecule has 0 saturated heterocycles. The molecule has 0 spiro atoms. The van der Waals surface area contributed by atoms with Gasteiger partial charge in [0.25, 0.3) is 5.91 Å². The molecule has 6 nitrogen and oxygen atoms in total. The van der Waals surface area contributed by atoms with Crippen LogP contribution in [0.3, 0.4) is 0 Å². The Kier molecular flexibility index (Phi) is 3.66. The van der Waals surface area contributed by atoms with Crippen LogP contribution in [0.4, 0.5) is 9.52 Å². The number of carbonyl (C=O) groups excluding carboxylic acids is 1. The fourth-order valence-electron chi connectivity index (χ4n) is 2.34. The molecule has 2 N–H and O–H groups in total. The van der Waals surface area contributed by atoms with Crippen molar-refractivity contribution < 1.29 is 18.7 Å². The molecule has 0 bridgehead atoms. The molecule has 1 aliphatic rings. The molecule has 0 radical (unpaired) electrons. The first-order chi connectivity index (χ1) is 11.7. The van der Waals surface area contributed by atoms with Crippen LogP contribution in [0.2, 0.25) is 0 Å². The molecule has 1 aliphatic heterocycles. The van der Waals surface area contributed by atoms with E-state index in [0.29, 0.717) is 29.8 Å². The molecule has 0 saturated carbocycles. The summed E-state index contributed by atoms with van der Waals surface area (Å²) in [5.41, 5.74) is 5.84. The van der Waals surface area contributed by atoms with Gasteiger partial charge < -0.3 is 9.47 Å². The number of amides is 1. The highest BCUT2D eigenvalue weighted by atomic mass is 32.1. The number of anilines is 1. The van der Waals surface area contributed by atoms with Crippen molar-refractivity contribution in [2.45, 2.75) is 0 Å². The number of nitrogens with one attached hydrogen (secondary N) is 2. The predicted molar refractivity (Wildman–Crippen MR) is 88.1 cm³/mol. The normalized spacial score (nSPS) is 12.9. The van der Waals surface area contributed by atoms with Crippen LogP contribution >= 0.6 is 11.3 Å². The minimum atomic E-state index is -0.580. The van der Waals surface area contributed by atoms with Gasteiger partial charge in [-0.1, -0.05) is 23.5 Å². The number of carbonyl (C=O) groups is 1. The summed E-state index contributed by atoms with van der Waals surface area (Å²) in [5, 5.41) is 0.483. The Hall–Kier alpha value is -2.87. The average Bonchev–Trinajstić information content (AvgIpc) is 2.99. The van der Waals surface area contributed by atoms with E-state index in [-0.39, 0.29) is 5.56 Å². The second kappa shape index (κ2) is 5.97. The fraction of sp³-hybridized carbons (Fsp3) is 0.125. The second-order valence-corrected chi connectivity index (χ2v) is 6.07. The maximum atomic E-state index is 13.6. The van der Waals surface area contributed by atoms with Gasteiger partial charge in [-0.2, -0.15) is 0 Å². The van der Waals surface area contributed by atoms with Gasteiger partial charge >= 0.3 is 0 Å². The minimum absolute atomic E-state index is 0.0385. The Balaban J connectivity index is 1.52. The molecule has 122 valence electrons. The summed E-state index contributed by atoms with van der Waals surface area (Å²) in [7, 11) is 0. The Labute approximate surface area is 140 Å². The zero-order valence-electron chi connectivity index (χ0n) is 12.3. The van der Waals surface area contributed by atoms with Crippen molar-refractivity contribution >= 4 is 32.6 Å². The van der Waals surface area contributed by atoms with Gasteiger partial charge in [0.2, 0.25) is 5.13 Å². The third-order valence-corrected chi connectivity index (χ3v) is 4.39. The van der Waals surface area contributed by atoms with Crippen molar-refractivity contribution in [3.63, 3.8) is 0 Å². The number of thiazole rings is 1. The Morgan fingerprint density at radius 1 is 1.17 bits per heavy atom. The van der Waals surface area contributed by atoms with E-state index in [9.17, 15) is 9.18 Å². The van der Waals surface area contributed by atoms with Crippen molar-refractivity contribution in [3.05, 3.63) is 47.8 Å². The molecule has 0 fully saturated rings. The van der Waals surface area contributed by atoms with Gasteiger partial charge in [0.15, 0.2) is 11.5 Å². The molecule has 4 rings (SSSR count). The third kappa shape index (κ3) is 2.71. The van der Waals surface area contributed by atoms with E-state index in [1.54, 1.807) is 12.1 Å². The van der Waals surface area contributed by atoms with Crippen LogP contribution in [0, 0.1) is 5.82 Å². The second-order valence-electron chi connectivity index (χ2n) is 5.04. The molecule has 0 unspecified atom stereocenters. The minimum Gasteiger partial charge on any atom is -0.486 e. The molecule has 2 aromatic carbocycles. The molecule has 1 aromatic heterocycles.